The first kappa shape index (κ1) is 16.5. The van der Waals surface area contributed by atoms with E-state index in [9.17, 15) is 4.79 Å². The lowest BCUT2D eigenvalue weighted by atomic mass is 10.0. The molecule has 2 rings (SSSR count). The van der Waals surface area contributed by atoms with Gasteiger partial charge in [-0.1, -0.05) is 28.1 Å². The van der Waals surface area contributed by atoms with E-state index in [4.69, 9.17) is 0 Å². The van der Waals surface area contributed by atoms with Crippen LogP contribution < -0.4 is 0 Å². The Morgan fingerprint density at radius 2 is 1.86 bits per heavy atom. The van der Waals surface area contributed by atoms with Gasteiger partial charge in [0.15, 0.2) is 0 Å². The van der Waals surface area contributed by atoms with Gasteiger partial charge in [-0.15, -0.1) is 0 Å². The van der Waals surface area contributed by atoms with Crippen molar-refractivity contribution in [3.8, 4) is 0 Å². The number of benzene rings is 1. The van der Waals surface area contributed by atoms with Gasteiger partial charge in [0.2, 0.25) is 0 Å². The van der Waals surface area contributed by atoms with Crippen LogP contribution in [0, 0.1) is 0 Å². The third-order valence-corrected chi connectivity index (χ3v) is 5.10. The summed E-state index contributed by atoms with van der Waals surface area (Å²) in [5.41, 5.74) is 1.98. The first-order valence-corrected chi connectivity index (χ1v) is 8.81. The van der Waals surface area contributed by atoms with Crippen molar-refractivity contribution in [1.82, 2.24) is 9.80 Å². The highest BCUT2D eigenvalue weighted by Crippen LogP contribution is 2.19. The van der Waals surface area contributed by atoms with Gasteiger partial charge in [0, 0.05) is 43.1 Å². The van der Waals surface area contributed by atoms with E-state index in [1.165, 1.54) is 5.56 Å². The quantitative estimate of drug-likeness (QED) is 0.774. The maximum atomic E-state index is 12.6. The molecule has 0 radical (unpaired) electrons. The molecule has 1 aromatic rings. The first-order chi connectivity index (χ1) is 10.0. The zero-order valence-electron chi connectivity index (χ0n) is 13.2. The van der Waals surface area contributed by atoms with Crippen molar-refractivity contribution in [1.29, 1.82) is 0 Å². The highest BCUT2D eigenvalue weighted by atomic mass is 79.9. The van der Waals surface area contributed by atoms with Crippen molar-refractivity contribution in [2.24, 2.45) is 0 Å². The molecule has 1 saturated heterocycles. The van der Waals surface area contributed by atoms with Gasteiger partial charge in [0.05, 0.1) is 0 Å². The molecular weight excluding hydrogens is 328 g/mol. The van der Waals surface area contributed by atoms with Crippen LogP contribution in [0.3, 0.4) is 0 Å². The minimum absolute atomic E-state index is 0.138. The van der Waals surface area contributed by atoms with Crippen LogP contribution in [0.15, 0.2) is 24.3 Å². The molecule has 4 heteroatoms. The fourth-order valence-corrected chi connectivity index (χ4v) is 3.27. The Hall–Kier alpha value is -0.870. The van der Waals surface area contributed by atoms with Crippen LogP contribution in [-0.2, 0) is 5.33 Å². The third-order valence-electron chi connectivity index (χ3n) is 4.45. The minimum Gasteiger partial charge on any atom is -0.339 e. The summed E-state index contributed by atoms with van der Waals surface area (Å²) < 4.78 is 0. The molecule has 1 aliphatic rings. The summed E-state index contributed by atoms with van der Waals surface area (Å²) in [6.07, 6.45) is 2.14. The summed E-state index contributed by atoms with van der Waals surface area (Å²) in [4.78, 5) is 17.0. The van der Waals surface area contributed by atoms with Crippen LogP contribution in [0.4, 0.5) is 0 Å². The van der Waals surface area contributed by atoms with Crippen LogP contribution in [0.5, 0.6) is 0 Å². The lowest BCUT2D eigenvalue weighted by Gasteiger charge is -2.38. The average molecular weight is 353 g/mol. The van der Waals surface area contributed by atoms with Crippen LogP contribution in [0.25, 0.3) is 0 Å². The number of halogens is 1. The van der Waals surface area contributed by atoms with E-state index in [0.29, 0.717) is 12.1 Å². The van der Waals surface area contributed by atoms with Gasteiger partial charge in [-0.3, -0.25) is 4.79 Å². The number of hydrogen-bond donors (Lipinski definition) is 0. The number of amides is 1. The molecule has 1 amide bonds. The fraction of sp³-hybridized carbons (Fsp3) is 0.588. The second kappa shape index (κ2) is 7.41. The summed E-state index contributed by atoms with van der Waals surface area (Å²) >= 11 is 3.43. The highest BCUT2D eigenvalue weighted by molar-refractivity contribution is 9.08. The van der Waals surface area contributed by atoms with Crippen molar-refractivity contribution < 1.29 is 4.79 Å². The van der Waals surface area contributed by atoms with Crippen molar-refractivity contribution in [3.05, 3.63) is 35.4 Å². The summed E-state index contributed by atoms with van der Waals surface area (Å²) in [6.45, 7) is 6.65. The van der Waals surface area contributed by atoms with Crippen molar-refractivity contribution >= 4 is 21.8 Å². The number of likely N-dealkylation sites (tertiary alicyclic amines) is 1. The number of alkyl halides is 1. The largest absolute Gasteiger partial charge is 0.339 e. The van der Waals surface area contributed by atoms with Gasteiger partial charge in [-0.25, -0.2) is 0 Å². The number of nitrogens with zero attached hydrogens (tertiary/aromatic N) is 2. The summed E-state index contributed by atoms with van der Waals surface area (Å²) in [5, 5.41) is 0.824. The molecule has 0 aromatic heterocycles. The van der Waals surface area contributed by atoms with Gasteiger partial charge in [0.1, 0.15) is 0 Å². The molecule has 0 unspecified atom stereocenters. The molecule has 21 heavy (non-hydrogen) atoms. The van der Waals surface area contributed by atoms with Crippen LogP contribution in [0.1, 0.15) is 42.6 Å². The van der Waals surface area contributed by atoms with E-state index in [2.05, 4.69) is 34.7 Å². The number of carbonyl (C=O) groups excluding carboxylic acids is 1. The minimum atomic E-state index is 0.138. The van der Waals surface area contributed by atoms with E-state index in [0.717, 1.165) is 36.8 Å². The average Bonchev–Trinajstić information content (AvgIpc) is 2.53. The topological polar surface area (TPSA) is 23.6 Å². The molecule has 116 valence electrons. The molecule has 1 heterocycles. The number of carbonyl (C=O) groups is 1. The number of rotatable bonds is 4. The standard InChI is InChI=1S/C17H25BrN2O/c1-13(2)20-10-8-16(9-11-20)19(3)17(21)15-6-4-14(12-18)5-7-15/h4-7,13,16H,8-12H2,1-3H3. The van der Waals surface area contributed by atoms with E-state index < -0.39 is 0 Å². The summed E-state index contributed by atoms with van der Waals surface area (Å²) in [5.74, 6) is 0.138. The van der Waals surface area contributed by atoms with Gasteiger partial charge in [0.25, 0.3) is 5.91 Å². The van der Waals surface area contributed by atoms with Crippen molar-refractivity contribution in [2.45, 2.75) is 44.1 Å². The molecule has 0 spiro atoms. The molecule has 1 fully saturated rings. The Morgan fingerprint density at radius 1 is 1.29 bits per heavy atom. The fourth-order valence-electron chi connectivity index (χ4n) is 2.90. The number of piperidine rings is 1. The van der Waals surface area contributed by atoms with E-state index in [1.807, 2.05) is 36.2 Å². The Kier molecular flexibility index (Phi) is 5.82. The lowest BCUT2D eigenvalue weighted by Crippen LogP contribution is -2.47. The Labute approximate surface area is 136 Å². The molecule has 3 nitrogen and oxygen atoms in total. The summed E-state index contributed by atoms with van der Waals surface area (Å²) in [6, 6.07) is 8.85. The SMILES string of the molecule is CC(C)N1CCC(N(C)C(=O)c2ccc(CBr)cc2)CC1. The Morgan fingerprint density at radius 3 is 2.33 bits per heavy atom. The second-order valence-electron chi connectivity index (χ2n) is 6.11. The van der Waals surface area contributed by atoms with E-state index in [1.54, 1.807) is 0 Å². The molecular formula is C17H25BrN2O. The zero-order valence-corrected chi connectivity index (χ0v) is 14.8. The Bertz CT molecular complexity index is 464. The summed E-state index contributed by atoms with van der Waals surface area (Å²) in [7, 11) is 1.94. The normalized spacial score (nSPS) is 17.2. The maximum absolute atomic E-state index is 12.6. The van der Waals surface area contributed by atoms with E-state index in [-0.39, 0.29) is 5.91 Å². The molecule has 0 bridgehead atoms. The number of hydrogen-bond acceptors (Lipinski definition) is 2. The maximum Gasteiger partial charge on any atom is 0.253 e. The van der Waals surface area contributed by atoms with Crippen molar-refractivity contribution in [2.75, 3.05) is 20.1 Å². The van der Waals surface area contributed by atoms with Gasteiger partial charge in [-0.2, -0.15) is 0 Å². The molecule has 0 N–H and O–H groups in total. The Balaban J connectivity index is 1.96. The third kappa shape index (κ3) is 4.07. The van der Waals surface area contributed by atoms with E-state index >= 15 is 0 Å². The monoisotopic (exact) mass is 352 g/mol. The predicted molar refractivity (Wildman–Crippen MR) is 90.9 cm³/mol. The molecule has 0 saturated carbocycles. The van der Waals surface area contributed by atoms with Crippen LogP contribution in [0.2, 0.25) is 0 Å². The van der Waals surface area contributed by atoms with Crippen molar-refractivity contribution in [3.63, 3.8) is 0 Å². The zero-order chi connectivity index (χ0) is 15.4. The van der Waals surface area contributed by atoms with Gasteiger partial charge in [-0.05, 0) is 44.4 Å². The van der Waals surface area contributed by atoms with Crippen LogP contribution in [-0.4, -0.2) is 47.9 Å². The van der Waals surface area contributed by atoms with Crippen LogP contribution >= 0.6 is 15.9 Å². The highest BCUT2D eigenvalue weighted by Gasteiger charge is 2.26. The molecule has 0 aliphatic carbocycles. The molecule has 0 atom stereocenters. The second-order valence-corrected chi connectivity index (χ2v) is 6.67. The first-order valence-electron chi connectivity index (χ1n) is 7.69. The molecule has 1 aliphatic heterocycles. The lowest BCUT2D eigenvalue weighted by molar-refractivity contribution is 0.0615. The van der Waals surface area contributed by atoms with Gasteiger partial charge >= 0.3 is 0 Å². The molecule has 1 aromatic carbocycles. The van der Waals surface area contributed by atoms with Gasteiger partial charge < -0.3 is 9.80 Å². The predicted octanol–water partition coefficient (Wildman–Crippen LogP) is 3.53. The smallest absolute Gasteiger partial charge is 0.253 e.